The van der Waals surface area contributed by atoms with Crippen molar-refractivity contribution in [3.8, 4) is 0 Å². The lowest BCUT2D eigenvalue weighted by atomic mass is 10.1. The predicted octanol–water partition coefficient (Wildman–Crippen LogP) is 2.95. The summed E-state index contributed by atoms with van der Waals surface area (Å²) in [7, 11) is 0. The number of benzene rings is 2. The van der Waals surface area contributed by atoms with Gasteiger partial charge in [-0.05, 0) is 56.5 Å². The average molecular weight is 409 g/mol. The van der Waals surface area contributed by atoms with Crippen molar-refractivity contribution in [2.75, 3.05) is 18.1 Å². The maximum atomic E-state index is 13.0. The van der Waals surface area contributed by atoms with Crippen molar-refractivity contribution in [2.24, 2.45) is 0 Å². The van der Waals surface area contributed by atoms with Gasteiger partial charge in [0, 0.05) is 24.3 Å². The summed E-state index contributed by atoms with van der Waals surface area (Å²) in [6.07, 6.45) is 0.804. The van der Waals surface area contributed by atoms with Crippen LogP contribution >= 0.6 is 0 Å². The summed E-state index contributed by atoms with van der Waals surface area (Å²) >= 11 is 0. The van der Waals surface area contributed by atoms with Gasteiger partial charge in [0.05, 0.1) is 6.61 Å². The number of rotatable bonds is 6. The first-order valence-corrected chi connectivity index (χ1v) is 10.1. The Morgan fingerprint density at radius 1 is 1.17 bits per heavy atom. The third-order valence-electron chi connectivity index (χ3n) is 5.00. The van der Waals surface area contributed by atoms with Crippen molar-refractivity contribution < 1.29 is 19.1 Å². The Balaban J connectivity index is 1.64. The second-order valence-corrected chi connectivity index (χ2v) is 7.34. The molecule has 1 atom stereocenters. The minimum Gasteiger partial charge on any atom is -0.464 e. The van der Waals surface area contributed by atoms with E-state index in [1.165, 1.54) is 0 Å². The summed E-state index contributed by atoms with van der Waals surface area (Å²) in [4.78, 5) is 38.4. The number of nitrogens with zero attached hydrogens (tertiary/aromatic N) is 1. The Labute approximate surface area is 176 Å². The Bertz CT molecular complexity index is 957. The van der Waals surface area contributed by atoms with Crippen LogP contribution in [-0.4, -0.2) is 37.1 Å². The zero-order valence-electron chi connectivity index (χ0n) is 17.5. The van der Waals surface area contributed by atoms with Crippen molar-refractivity contribution >= 4 is 23.6 Å². The molecule has 1 heterocycles. The van der Waals surface area contributed by atoms with Gasteiger partial charge in [0.1, 0.15) is 6.04 Å². The molecule has 3 amide bonds. The minimum absolute atomic E-state index is 0.0245. The minimum atomic E-state index is -0.729. The van der Waals surface area contributed by atoms with Gasteiger partial charge in [-0.15, -0.1) is 0 Å². The second-order valence-electron chi connectivity index (χ2n) is 7.34. The van der Waals surface area contributed by atoms with E-state index in [1.54, 1.807) is 18.7 Å². The standard InChI is InChI=1S/C23H27N3O4/c1-4-30-22(28)16(3)25-23(29)24-14-17-8-9-18-10-11-26(20(18)13-17)21(27)19-7-5-6-15(2)12-19/h5-9,12-13,16H,4,10-11,14H2,1-3H3,(H2,24,25,29)/t16-/m1/s1. The molecular formula is C23H27N3O4. The quantitative estimate of drug-likeness (QED) is 0.718. The van der Waals surface area contributed by atoms with Gasteiger partial charge >= 0.3 is 12.0 Å². The highest BCUT2D eigenvalue weighted by Crippen LogP contribution is 2.30. The largest absolute Gasteiger partial charge is 0.464 e. The van der Waals surface area contributed by atoms with E-state index < -0.39 is 18.0 Å². The summed E-state index contributed by atoms with van der Waals surface area (Å²) in [6, 6.07) is 12.3. The summed E-state index contributed by atoms with van der Waals surface area (Å²) in [5, 5.41) is 5.29. The molecular weight excluding hydrogens is 382 g/mol. The Kier molecular flexibility index (Phi) is 6.72. The number of nitrogens with one attached hydrogen (secondary N) is 2. The van der Waals surface area contributed by atoms with Gasteiger partial charge in [-0.3, -0.25) is 4.79 Å². The maximum Gasteiger partial charge on any atom is 0.328 e. The number of hydrogen-bond acceptors (Lipinski definition) is 4. The Hall–Kier alpha value is -3.35. The third kappa shape index (κ3) is 4.97. The van der Waals surface area contributed by atoms with Gasteiger partial charge in [0.25, 0.3) is 5.91 Å². The van der Waals surface area contributed by atoms with E-state index >= 15 is 0 Å². The highest BCUT2D eigenvalue weighted by atomic mass is 16.5. The van der Waals surface area contributed by atoms with Crippen LogP contribution in [0.4, 0.5) is 10.5 Å². The second kappa shape index (κ2) is 9.43. The molecule has 0 aliphatic carbocycles. The summed E-state index contributed by atoms with van der Waals surface area (Å²) in [5.41, 5.74) is 4.57. The first kappa shape index (κ1) is 21.4. The van der Waals surface area contributed by atoms with E-state index in [-0.39, 0.29) is 19.1 Å². The molecule has 7 heteroatoms. The molecule has 30 heavy (non-hydrogen) atoms. The van der Waals surface area contributed by atoms with Gasteiger partial charge in [0.15, 0.2) is 0 Å². The molecule has 0 bridgehead atoms. The van der Waals surface area contributed by atoms with Gasteiger partial charge in [-0.2, -0.15) is 0 Å². The molecule has 1 aliphatic rings. The van der Waals surface area contributed by atoms with E-state index in [1.807, 2.05) is 49.4 Å². The van der Waals surface area contributed by atoms with E-state index in [2.05, 4.69) is 10.6 Å². The predicted molar refractivity (Wildman–Crippen MR) is 114 cm³/mol. The number of ether oxygens (including phenoxy) is 1. The molecule has 3 rings (SSSR count). The number of urea groups is 1. The topological polar surface area (TPSA) is 87.7 Å². The first-order valence-electron chi connectivity index (χ1n) is 10.1. The molecule has 158 valence electrons. The molecule has 0 radical (unpaired) electrons. The zero-order chi connectivity index (χ0) is 21.7. The maximum absolute atomic E-state index is 13.0. The average Bonchev–Trinajstić information content (AvgIpc) is 3.15. The lowest BCUT2D eigenvalue weighted by Gasteiger charge is -2.19. The van der Waals surface area contributed by atoms with E-state index in [9.17, 15) is 14.4 Å². The number of aryl methyl sites for hydroxylation is 1. The van der Waals surface area contributed by atoms with Gasteiger partial charge in [-0.1, -0.05) is 29.8 Å². The summed E-state index contributed by atoms with van der Waals surface area (Å²) < 4.78 is 4.88. The van der Waals surface area contributed by atoms with E-state index in [0.717, 1.165) is 28.8 Å². The molecule has 0 saturated heterocycles. The van der Waals surface area contributed by atoms with Crippen LogP contribution in [0.2, 0.25) is 0 Å². The van der Waals surface area contributed by atoms with Crippen LogP contribution < -0.4 is 15.5 Å². The Morgan fingerprint density at radius 2 is 1.97 bits per heavy atom. The monoisotopic (exact) mass is 409 g/mol. The molecule has 0 spiro atoms. The smallest absolute Gasteiger partial charge is 0.328 e. The molecule has 2 N–H and O–H groups in total. The van der Waals surface area contributed by atoms with Crippen LogP contribution in [0.15, 0.2) is 42.5 Å². The van der Waals surface area contributed by atoms with Crippen molar-refractivity contribution in [3.05, 3.63) is 64.7 Å². The normalized spacial score (nSPS) is 13.4. The third-order valence-corrected chi connectivity index (χ3v) is 5.00. The summed E-state index contributed by atoms with van der Waals surface area (Å²) in [5.74, 6) is -0.501. The van der Waals surface area contributed by atoms with Crippen LogP contribution in [0, 0.1) is 6.92 Å². The van der Waals surface area contributed by atoms with Gasteiger partial charge in [-0.25, -0.2) is 9.59 Å². The first-order chi connectivity index (χ1) is 14.4. The lowest BCUT2D eigenvalue weighted by molar-refractivity contribution is -0.144. The van der Waals surface area contributed by atoms with Crippen LogP contribution in [0.25, 0.3) is 0 Å². The Morgan fingerprint density at radius 3 is 2.70 bits per heavy atom. The molecule has 0 unspecified atom stereocenters. The number of anilines is 1. The van der Waals surface area contributed by atoms with Crippen LogP contribution in [0.3, 0.4) is 0 Å². The van der Waals surface area contributed by atoms with Crippen molar-refractivity contribution in [1.82, 2.24) is 10.6 Å². The lowest BCUT2D eigenvalue weighted by Crippen LogP contribution is -2.44. The summed E-state index contributed by atoms with van der Waals surface area (Å²) in [6.45, 7) is 6.43. The number of esters is 1. The number of carbonyl (C=O) groups is 3. The molecule has 0 saturated carbocycles. The fourth-order valence-electron chi connectivity index (χ4n) is 3.44. The van der Waals surface area contributed by atoms with Crippen LogP contribution in [0.5, 0.6) is 0 Å². The molecule has 2 aromatic carbocycles. The fraction of sp³-hybridized carbons (Fsp3) is 0.348. The highest BCUT2D eigenvalue weighted by Gasteiger charge is 2.26. The fourth-order valence-corrected chi connectivity index (χ4v) is 3.44. The number of amides is 3. The van der Waals surface area contributed by atoms with Crippen molar-refractivity contribution in [1.29, 1.82) is 0 Å². The molecule has 0 aromatic heterocycles. The highest BCUT2D eigenvalue weighted by molar-refractivity contribution is 6.07. The van der Waals surface area contributed by atoms with E-state index in [4.69, 9.17) is 4.74 Å². The zero-order valence-corrected chi connectivity index (χ0v) is 17.5. The number of fused-ring (bicyclic) bond motifs is 1. The number of hydrogen-bond donors (Lipinski definition) is 2. The van der Waals surface area contributed by atoms with Crippen LogP contribution in [-0.2, 0) is 22.5 Å². The molecule has 2 aromatic rings. The van der Waals surface area contributed by atoms with Crippen LogP contribution in [0.1, 0.15) is 40.9 Å². The van der Waals surface area contributed by atoms with E-state index in [0.29, 0.717) is 12.1 Å². The van der Waals surface area contributed by atoms with Gasteiger partial charge < -0.3 is 20.3 Å². The molecule has 0 fully saturated rings. The molecule has 7 nitrogen and oxygen atoms in total. The van der Waals surface area contributed by atoms with Crippen molar-refractivity contribution in [3.63, 3.8) is 0 Å². The molecule has 1 aliphatic heterocycles. The number of carbonyl (C=O) groups excluding carboxylic acids is 3. The van der Waals surface area contributed by atoms with Gasteiger partial charge in [0.2, 0.25) is 0 Å². The SMILES string of the molecule is CCOC(=O)[C@@H](C)NC(=O)NCc1ccc2c(c1)N(C(=O)c1cccc(C)c1)CC2. The van der Waals surface area contributed by atoms with Crippen molar-refractivity contribution in [2.45, 2.75) is 39.8 Å².